The number of hydrogen-bond donors (Lipinski definition) is 0. The zero-order chi connectivity index (χ0) is 16.3. The van der Waals surface area contributed by atoms with Crippen molar-refractivity contribution in [2.75, 3.05) is 0 Å². The number of allylic oxidation sites excluding steroid dienone is 2. The van der Waals surface area contributed by atoms with Gasteiger partial charge in [-0.25, -0.2) is 0 Å². The minimum atomic E-state index is -2.20. The van der Waals surface area contributed by atoms with Crippen molar-refractivity contribution in [3.05, 3.63) is 72.5 Å². The van der Waals surface area contributed by atoms with Gasteiger partial charge in [0.25, 0.3) is 0 Å². The highest BCUT2D eigenvalue weighted by Gasteiger charge is 2.37. The van der Waals surface area contributed by atoms with E-state index in [4.69, 9.17) is 4.43 Å². The molecule has 0 aliphatic heterocycles. The summed E-state index contributed by atoms with van der Waals surface area (Å²) in [6.45, 7) is 6.99. The molecule has 0 radical (unpaired) electrons. The molecule has 0 atom stereocenters. The van der Waals surface area contributed by atoms with Crippen molar-refractivity contribution in [3.8, 4) is 0 Å². The molecule has 0 unspecified atom stereocenters. The first-order chi connectivity index (χ1) is 11.0. The average Bonchev–Trinajstić information content (AvgIpc) is 2.58. The van der Waals surface area contributed by atoms with E-state index in [0.717, 1.165) is 12.8 Å². The Hall–Kier alpha value is -1.80. The van der Waals surface area contributed by atoms with Crippen molar-refractivity contribution in [1.29, 1.82) is 0 Å². The molecule has 3 rings (SSSR count). The first-order valence-electron chi connectivity index (χ1n) is 8.49. The number of hydrogen-bond acceptors (Lipinski definition) is 1. The second kappa shape index (κ2) is 6.36. The van der Waals surface area contributed by atoms with Crippen LogP contribution in [0.2, 0.25) is 6.55 Å². The Kier molecular flexibility index (Phi) is 4.45. The first-order valence-corrected chi connectivity index (χ1v) is 10.9. The molecule has 0 spiro atoms. The zero-order valence-electron chi connectivity index (χ0n) is 14.4. The Morgan fingerprint density at radius 2 is 1.39 bits per heavy atom. The summed E-state index contributed by atoms with van der Waals surface area (Å²) in [4.78, 5) is 0. The summed E-state index contributed by atoms with van der Waals surface area (Å²) in [5.74, 6) is 1.19. The smallest absolute Gasteiger partial charge is 0.311 e. The second-order valence-corrected chi connectivity index (χ2v) is 10.8. The lowest BCUT2D eigenvalue weighted by molar-refractivity contribution is 0.278. The maximum absolute atomic E-state index is 6.74. The average molecular weight is 323 g/mol. The van der Waals surface area contributed by atoms with Crippen molar-refractivity contribution in [2.45, 2.75) is 39.7 Å². The van der Waals surface area contributed by atoms with Crippen LogP contribution in [-0.2, 0) is 4.43 Å². The van der Waals surface area contributed by atoms with Gasteiger partial charge >= 0.3 is 8.32 Å². The number of benzene rings is 2. The molecule has 23 heavy (non-hydrogen) atoms. The molecule has 0 bridgehead atoms. The SMILES string of the molecule is CC1(C)CC=C(O[Si](C)(c2ccccc2)c2ccccc2)CC1. The summed E-state index contributed by atoms with van der Waals surface area (Å²) >= 11 is 0. The van der Waals surface area contributed by atoms with E-state index in [2.05, 4.69) is 87.1 Å². The van der Waals surface area contributed by atoms with Crippen molar-refractivity contribution in [2.24, 2.45) is 5.41 Å². The summed E-state index contributed by atoms with van der Waals surface area (Å²) in [5.41, 5.74) is 0.407. The third-order valence-corrected chi connectivity index (χ3v) is 8.46. The minimum absolute atomic E-state index is 0.407. The van der Waals surface area contributed by atoms with E-state index in [1.165, 1.54) is 22.6 Å². The Labute approximate surface area is 141 Å². The molecule has 120 valence electrons. The standard InChI is InChI=1S/C21H26OSi/c1-21(2)16-14-18(15-17-21)22-23(3,19-10-6-4-7-11-19)20-12-8-5-9-13-20/h4-14H,15-17H2,1-3H3. The van der Waals surface area contributed by atoms with E-state index in [9.17, 15) is 0 Å². The van der Waals surface area contributed by atoms with Gasteiger partial charge in [0.2, 0.25) is 0 Å². The molecule has 1 aliphatic rings. The summed E-state index contributed by atoms with van der Waals surface area (Å²) in [6, 6.07) is 21.5. The quantitative estimate of drug-likeness (QED) is 0.754. The van der Waals surface area contributed by atoms with E-state index < -0.39 is 8.32 Å². The molecule has 0 amide bonds. The summed E-state index contributed by atoms with van der Waals surface area (Å²) in [5, 5.41) is 2.66. The van der Waals surface area contributed by atoms with Crippen LogP contribution >= 0.6 is 0 Å². The highest BCUT2D eigenvalue weighted by Crippen LogP contribution is 2.35. The lowest BCUT2D eigenvalue weighted by Crippen LogP contribution is -2.58. The summed E-state index contributed by atoms with van der Waals surface area (Å²) in [6.07, 6.45) is 5.68. The Morgan fingerprint density at radius 1 is 0.870 bits per heavy atom. The molecule has 1 nitrogen and oxygen atoms in total. The Morgan fingerprint density at radius 3 is 1.83 bits per heavy atom. The van der Waals surface area contributed by atoms with Crippen molar-refractivity contribution >= 4 is 18.7 Å². The maximum atomic E-state index is 6.74. The maximum Gasteiger partial charge on any atom is 0.311 e. The van der Waals surface area contributed by atoms with Gasteiger partial charge in [0.15, 0.2) is 0 Å². The fraction of sp³-hybridized carbons (Fsp3) is 0.333. The van der Waals surface area contributed by atoms with Crippen LogP contribution in [0.5, 0.6) is 0 Å². The fourth-order valence-corrected chi connectivity index (χ4v) is 6.14. The molecular weight excluding hydrogens is 296 g/mol. The molecule has 1 aliphatic carbocycles. The molecule has 0 N–H and O–H groups in total. The number of rotatable bonds is 4. The molecule has 2 aromatic carbocycles. The van der Waals surface area contributed by atoms with Crippen LogP contribution in [0, 0.1) is 5.41 Å². The van der Waals surface area contributed by atoms with Gasteiger partial charge in [-0.3, -0.25) is 0 Å². The minimum Gasteiger partial charge on any atom is -0.538 e. The predicted octanol–water partition coefficient (Wildman–Crippen LogP) is 4.49. The molecule has 0 heterocycles. The normalized spacial score (nSPS) is 17.4. The van der Waals surface area contributed by atoms with Gasteiger partial charge in [0.1, 0.15) is 0 Å². The molecule has 2 heteroatoms. The van der Waals surface area contributed by atoms with E-state index in [1.807, 2.05) is 0 Å². The van der Waals surface area contributed by atoms with Gasteiger partial charge < -0.3 is 4.43 Å². The van der Waals surface area contributed by atoms with Crippen LogP contribution in [0.15, 0.2) is 72.5 Å². The third-order valence-electron chi connectivity index (χ3n) is 4.92. The van der Waals surface area contributed by atoms with Crippen molar-refractivity contribution < 1.29 is 4.43 Å². The van der Waals surface area contributed by atoms with E-state index in [1.54, 1.807) is 0 Å². The van der Waals surface area contributed by atoms with Crippen LogP contribution in [0.25, 0.3) is 0 Å². The first kappa shape index (κ1) is 16.1. The predicted molar refractivity (Wildman–Crippen MR) is 101 cm³/mol. The summed E-state index contributed by atoms with van der Waals surface area (Å²) < 4.78 is 6.74. The highest BCUT2D eigenvalue weighted by molar-refractivity contribution is 6.96. The van der Waals surface area contributed by atoms with Crippen LogP contribution in [-0.4, -0.2) is 8.32 Å². The molecule has 0 saturated carbocycles. The van der Waals surface area contributed by atoms with E-state index in [0.29, 0.717) is 5.41 Å². The molecule has 0 saturated heterocycles. The lowest BCUT2D eigenvalue weighted by Gasteiger charge is -2.35. The van der Waals surface area contributed by atoms with E-state index >= 15 is 0 Å². The zero-order valence-corrected chi connectivity index (χ0v) is 15.4. The topological polar surface area (TPSA) is 9.23 Å². The summed E-state index contributed by atoms with van der Waals surface area (Å²) in [7, 11) is -2.20. The van der Waals surface area contributed by atoms with Crippen molar-refractivity contribution in [1.82, 2.24) is 0 Å². The third kappa shape index (κ3) is 3.58. The van der Waals surface area contributed by atoms with Crippen LogP contribution in [0.1, 0.15) is 33.1 Å². The van der Waals surface area contributed by atoms with Crippen LogP contribution < -0.4 is 10.4 Å². The molecular formula is C21H26OSi. The van der Waals surface area contributed by atoms with Gasteiger partial charge in [-0.15, -0.1) is 0 Å². The van der Waals surface area contributed by atoms with Crippen molar-refractivity contribution in [3.63, 3.8) is 0 Å². The van der Waals surface area contributed by atoms with Gasteiger partial charge in [-0.05, 0) is 41.3 Å². The molecule has 2 aromatic rings. The molecule has 0 aromatic heterocycles. The largest absolute Gasteiger partial charge is 0.538 e. The highest BCUT2D eigenvalue weighted by atomic mass is 28.4. The fourth-order valence-electron chi connectivity index (χ4n) is 3.21. The van der Waals surface area contributed by atoms with Gasteiger partial charge in [0, 0.05) is 6.42 Å². The Balaban J connectivity index is 1.96. The van der Waals surface area contributed by atoms with Gasteiger partial charge in [0.05, 0.1) is 5.76 Å². The van der Waals surface area contributed by atoms with Crippen LogP contribution in [0.4, 0.5) is 0 Å². The monoisotopic (exact) mass is 322 g/mol. The Bertz CT molecular complexity index is 634. The molecule has 0 fully saturated rings. The van der Waals surface area contributed by atoms with E-state index in [-0.39, 0.29) is 0 Å². The second-order valence-electron chi connectivity index (χ2n) is 7.41. The lowest BCUT2D eigenvalue weighted by atomic mass is 9.80. The van der Waals surface area contributed by atoms with Gasteiger partial charge in [-0.1, -0.05) is 74.5 Å². The van der Waals surface area contributed by atoms with Gasteiger partial charge in [-0.2, -0.15) is 0 Å². The van der Waals surface area contributed by atoms with Crippen LogP contribution in [0.3, 0.4) is 0 Å².